The van der Waals surface area contributed by atoms with Crippen molar-refractivity contribution in [2.24, 2.45) is 7.05 Å². The molecule has 5 nitrogen and oxygen atoms in total. The third kappa shape index (κ3) is 3.36. The average molecular weight is 341 g/mol. The number of hydrogen-bond acceptors (Lipinski definition) is 4. The molecule has 3 heterocycles. The van der Waals surface area contributed by atoms with E-state index in [1.54, 1.807) is 18.4 Å². The van der Waals surface area contributed by atoms with Gasteiger partial charge in [0.15, 0.2) is 0 Å². The standard InChI is InChI=1S/C19H20FN3O2/c1-22-7-3-6-17(22)18-13-24-9-8-23(18)11-16-12-25-19(21-16)14-4-2-5-15(20)10-14/h2-7,10,12,18H,8-9,11,13H2,1H3/t18-/m1/s1. The zero-order valence-corrected chi connectivity index (χ0v) is 14.1. The number of hydrogen-bond donors (Lipinski definition) is 0. The fourth-order valence-electron chi connectivity index (χ4n) is 3.26. The number of morpholine rings is 1. The summed E-state index contributed by atoms with van der Waals surface area (Å²) in [6.07, 6.45) is 3.69. The van der Waals surface area contributed by atoms with Crippen molar-refractivity contribution in [3.8, 4) is 11.5 Å². The van der Waals surface area contributed by atoms with E-state index in [0.29, 0.717) is 31.2 Å². The summed E-state index contributed by atoms with van der Waals surface area (Å²) in [7, 11) is 2.04. The maximum Gasteiger partial charge on any atom is 0.226 e. The first kappa shape index (κ1) is 16.1. The highest BCUT2D eigenvalue weighted by Gasteiger charge is 2.27. The van der Waals surface area contributed by atoms with E-state index in [1.165, 1.54) is 17.8 Å². The summed E-state index contributed by atoms with van der Waals surface area (Å²) in [6.45, 7) is 2.86. The number of halogens is 1. The Morgan fingerprint density at radius 3 is 3.00 bits per heavy atom. The number of aryl methyl sites for hydroxylation is 1. The van der Waals surface area contributed by atoms with Gasteiger partial charge in [0.2, 0.25) is 5.89 Å². The van der Waals surface area contributed by atoms with Crippen molar-refractivity contribution >= 4 is 0 Å². The van der Waals surface area contributed by atoms with E-state index in [0.717, 1.165) is 12.2 Å². The summed E-state index contributed by atoms with van der Waals surface area (Å²) < 4.78 is 26.7. The van der Waals surface area contributed by atoms with Gasteiger partial charge in [0.1, 0.15) is 12.1 Å². The van der Waals surface area contributed by atoms with Crippen molar-refractivity contribution in [2.75, 3.05) is 19.8 Å². The normalized spacial score (nSPS) is 18.6. The molecule has 6 heteroatoms. The lowest BCUT2D eigenvalue weighted by atomic mass is 10.1. The molecule has 1 aliphatic heterocycles. The lowest BCUT2D eigenvalue weighted by Crippen LogP contribution is -2.39. The SMILES string of the molecule is Cn1cccc1[C@H]1COCCN1Cc1coc(-c2cccc(F)c2)n1. The molecule has 130 valence electrons. The first-order chi connectivity index (χ1) is 12.2. The summed E-state index contributed by atoms with van der Waals surface area (Å²) in [5.41, 5.74) is 2.70. The minimum Gasteiger partial charge on any atom is -0.444 e. The quantitative estimate of drug-likeness (QED) is 0.730. The first-order valence-corrected chi connectivity index (χ1v) is 8.34. The predicted molar refractivity (Wildman–Crippen MR) is 91.3 cm³/mol. The van der Waals surface area contributed by atoms with Crippen LogP contribution in [0.5, 0.6) is 0 Å². The molecule has 0 unspecified atom stereocenters. The number of benzene rings is 1. The van der Waals surface area contributed by atoms with Gasteiger partial charge in [-0.2, -0.15) is 0 Å². The van der Waals surface area contributed by atoms with Crippen molar-refractivity contribution in [3.63, 3.8) is 0 Å². The smallest absolute Gasteiger partial charge is 0.226 e. The van der Waals surface area contributed by atoms with Gasteiger partial charge in [0, 0.05) is 37.6 Å². The molecule has 3 aromatic rings. The van der Waals surface area contributed by atoms with Gasteiger partial charge < -0.3 is 13.7 Å². The van der Waals surface area contributed by atoms with Crippen LogP contribution in [0.25, 0.3) is 11.5 Å². The van der Waals surface area contributed by atoms with Crippen molar-refractivity contribution in [3.05, 3.63) is 66.1 Å². The van der Waals surface area contributed by atoms with E-state index in [4.69, 9.17) is 9.15 Å². The molecule has 4 rings (SSSR count). The number of ether oxygens (including phenoxy) is 1. The van der Waals surface area contributed by atoms with Gasteiger partial charge in [-0.15, -0.1) is 0 Å². The van der Waals surface area contributed by atoms with Crippen LogP contribution >= 0.6 is 0 Å². The van der Waals surface area contributed by atoms with Gasteiger partial charge >= 0.3 is 0 Å². The third-order valence-electron chi connectivity index (χ3n) is 4.55. The van der Waals surface area contributed by atoms with Crippen molar-refractivity contribution in [2.45, 2.75) is 12.6 Å². The van der Waals surface area contributed by atoms with Gasteiger partial charge in [0.05, 0.1) is 24.9 Å². The van der Waals surface area contributed by atoms with Crippen LogP contribution < -0.4 is 0 Å². The molecule has 0 radical (unpaired) electrons. The lowest BCUT2D eigenvalue weighted by molar-refractivity contribution is -0.0157. The maximum atomic E-state index is 13.4. The third-order valence-corrected chi connectivity index (χ3v) is 4.55. The number of rotatable bonds is 4. The number of aromatic nitrogens is 2. The molecule has 25 heavy (non-hydrogen) atoms. The summed E-state index contributed by atoms with van der Waals surface area (Å²) >= 11 is 0. The molecule has 1 aliphatic rings. The molecule has 1 atom stereocenters. The molecule has 0 N–H and O–H groups in total. The Morgan fingerprint density at radius 2 is 2.20 bits per heavy atom. The van der Waals surface area contributed by atoms with Gasteiger partial charge in [-0.1, -0.05) is 6.07 Å². The van der Waals surface area contributed by atoms with Crippen molar-refractivity contribution in [1.82, 2.24) is 14.5 Å². The molecule has 1 aromatic carbocycles. The van der Waals surface area contributed by atoms with Crippen LogP contribution in [0, 0.1) is 5.82 Å². The fourth-order valence-corrected chi connectivity index (χ4v) is 3.26. The minimum absolute atomic E-state index is 0.183. The van der Waals surface area contributed by atoms with E-state index in [9.17, 15) is 4.39 Å². The first-order valence-electron chi connectivity index (χ1n) is 8.34. The van der Waals surface area contributed by atoms with Crippen molar-refractivity contribution in [1.29, 1.82) is 0 Å². The summed E-state index contributed by atoms with van der Waals surface area (Å²) in [6, 6.07) is 10.6. The lowest BCUT2D eigenvalue weighted by Gasteiger charge is -2.35. The molecule has 0 bridgehead atoms. The second-order valence-corrected chi connectivity index (χ2v) is 6.26. The van der Waals surface area contributed by atoms with Crippen LogP contribution in [0.2, 0.25) is 0 Å². The second kappa shape index (κ2) is 6.82. The largest absolute Gasteiger partial charge is 0.444 e. The van der Waals surface area contributed by atoms with Crippen LogP contribution in [0.4, 0.5) is 4.39 Å². The van der Waals surface area contributed by atoms with E-state index in [1.807, 2.05) is 19.3 Å². The molecule has 0 saturated carbocycles. The van der Waals surface area contributed by atoms with Crippen LogP contribution in [0.3, 0.4) is 0 Å². The second-order valence-electron chi connectivity index (χ2n) is 6.26. The highest BCUT2D eigenvalue weighted by atomic mass is 19.1. The molecule has 0 spiro atoms. The maximum absolute atomic E-state index is 13.4. The molecule has 2 aromatic heterocycles. The van der Waals surface area contributed by atoms with Crippen molar-refractivity contribution < 1.29 is 13.5 Å². The van der Waals surface area contributed by atoms with Crippen LogP contribution in [0.1, 0.15) is 17.4 Å². The average Bonchev–Trinajstić information content (AvgIpc) is 3.25. The predicted octanol–water partition coefficient (Wildman–Crippen LogP) is 3.39. The zero-order valence-electron chi connectivity index (χ0n) is 14.1. The molecular formula is C19H20FN3O2. The van der Waals surface area contributed by atoms with Gasteiger partial charge in [-0.3, -0.25) is 4.90 Å². The Kier molecular flexibility index (Phi) is 4.38. The molecular weight excluding hydrogens is 321 g/mol. The number of nitrogens with zero attached hydrogens (tertiary/aromatic N) is 3. The molecule has 0 aliphatic carbocycles. The van der Waals surface area contributed by atoms with Gasteiger partial charge in [-0.25, -0.2) is 9.37 Å². The Hall–Kier alpha value is -2.44. The minimum atomic E-state index is -0.297. The van der Waals surface area contributed by atoms with E-state index >= 15 is 0 Å². The van der Waals surface area contributed by atoms with Crippen LogP contribution in [-0.4, -0.2) is 34.2 Å². The Labute approximate surface area is 145 Å². The molecule has 1 saturated heterocycles. The monoisotopic (exact) mass is 341 g/mol. The van der Waals surface area contributed by atoms with Crippen LogP contribution in [-0.2, 0) is 18.3 Å². The fraction of sp³-hybridized carbons (Fsp3) is 0.316. The number of oxazole rings is 1. The Balaban J connectivity index is 1.54. The van der Waals surface area contributed by atoms with Crippen LogP contribution in [0.15, 0.2) is 53.3 Å². The summed E-state index contributed by atoms with van der Waals surface area (Å²) in [4.78, 5) is 6.87. The Bertz CT molecular complexity index is 858. The summed E-state index contributed by atoms with van der Waals surface area (Å²) in [5, 5.41) is 0. The zero-order chi connectivity index (χ0) is 17.2. The van der Waals surface area contributed by atoms with E-state index in [-0.39, 0.29) is 11.9 Å². The highest BCUT2D eigenvalue weighted by molar-refractivity contribution is 5.52. The van der Waals surface area contributed by atoms with E-state index in [2.05, 4.69) is 20.5 Å². The van der Waals surface area contributed by atoms with Gasteiger partial charge in [-0.05, 0) is 30.3 Å². The van der Waals surface area contributed by atoms with E-state index < -0.39 is 0 Å². The van der Waals surface area contributed by atoms with Gasteiger partial charge in [0.25, 0.3) is 0 Å². The molecule has 1 fully saturated rings. The topological polar surface area (TPSA) is 43.4 Å². The highest BCUT2D eigenvalue weighted by Crippen LogP contribution is 2.27. The summed E-state index contributed by atoms with van der Waals surface area (Å²) in [5.74, 6) is 0.146. The Morgan fingerprint density at radius 1 is 1.28 bits per heavy atom. The molecule has 0 amide bonds.